The van der Waals surface area contributed by atoms with Gasteiger partial charge in [-0.25, -0.2) is 4.79 Å². The first-order valence-electron chi connectivity index (χ1n) is 7.36. The molecule has 0 heterocycles. The van der Waals surface area contributed by atoms with Gasteiger partial charge in [-0.3, -0.25) is 10.1 Å². The zero-order valence-corrected chi connectivity index (χ0v) is 16.0. The molecule has 128 valence electrons. The highest BCUT2D eigenvalue weighted by atomic mass is 28.4. The fraction of sp³-hybridized carbons (Fsp3) is 0.733. The summed E-state index contributed by atoms with van der Waals surface area (Å²) in [5.41, 5.74) is 0.322. The molecular weight excluding hydrogens is 300 g/mol. The van der Waals surface area contributed by atoms with Gasteiger partial charge in [-0.15, -0.1) is 0 Å². The molecule has 1 atom stereocenters. The number of urea groups is 1. The highest BCUT2D eigenvalue weighted by Crippen LogP contribution is 2.36. The summed E-state index contributed by atoms with van der Waals surface area (Å²) in [7, 11) is -0.402. The molecule has 2 N–H and O–H groups in total. The van der Waals surface area contributed by atoms with Crippen LogP contribution in [0.15, 0.2) is 11.8 Å². The predicted octanol–water partition coefficient (Wildman–Crippen LogP) is 2.77. The summed E-state index contributed by atoms with van der Waals surface area (Å²) < 4.78 is 10.8. The summed E-state index contributed by atoms with van der Waals surface area (Å²) >= 11 is 0. The predicted molar refractivity (Wildman–Crippen MR) is 90.1 cm³/mol. The molecule has 1 unspecified atom stereocenters. The monoisotopic (exact) mass is 330 g/mol. The summed E-state index contributed by atoms with van der Waals surface area (Å²) in [6.45, 7) is 14.6. The molecule has 0 fully saturated rings. The van der Waals surface area contributed by atoms with Crippen LogP contribution in [0.1, 0.15) is 34.6 Å². The van der Waals surface area contributed by atoms with Crippen molar-refractivity contribution < 1.29 is 18.8 Å². The highest BCUT2D eigenvalue weighted by molar-refractivity contribution is 6.74. The molecular formula is C15H30N2O4Si. The minimum atomic E-state index is -1.84. The van der Waals surface area contributed by atoms with E-state index in [2.05, 4.69) is 44.5 Å². The quantitative estimate of drug-likeness (QED) is 0.446. The SMILES string of the molecule is COC=C(C)C(=O)NC(=O)NC(C)CO[Si](C)(C)C(C)(C)C. The van der Waals surface area contributed by atoms with Crippen LogP contribution in [0.2, 0.25) is 18.1 Å². The Hall–Kier alpha value is -1.34. The molecule has 3 amide bonds. The van der Waals surface area contributed by atoms with Crippen LogP contribution in [0, 0.1) is 0 Å². The van der Waals surface area contributed by atoms with Crippen molar-refractivity contribution in [3.05, 3.63) is 11.8 Å². The van der Waals surface area contributed by atoms with E-state index < -0.39 is 20.3 Å². The molecule has 0 aromatic rings. The zero-order chi connectivity index (χ0) is 17.6. The molecule has 0 bridgehead atoms. The van der Waals surface area contributed by atoms with Gasteiger partial charge in [0.15, 0.2) is 8.32 Å². The van der Waals surface area contributed by atoms with Crippen molar-refractivity contribution in [2.24, 2.45) is 0 Å². The fourth-order valence-corrected chi connectivity index (χ4v) is 2.38. The van der Waals surface area contributed by atoms with Gasteiger partial charge >= 0.3 is 6.03 Å². The molecule has 0 rings (SSSR count). The topological polar surface area (TPSA) is 76.7 Å². The third-order valence-electron chi connectivity index (χ3n) is 3.76. The molecule has 0 aromatic carbocycles. The van der Waals surface area contributed by atoms with Gasteiger partial charge in [0.2, 0.25) is 0 Å². The third kappa shape index (κ3) is 7.08. The van der Waals surface area contributed by atoms with Gasteiger partial charge in [0.1, 0.15) is 0 Å². The lowest BCUT2D eigenvalue weighted by Crippen LogP contribution is -2.48. The molecule has 6 nitrogen and oxygen atoms in total. The zero-order valence-electron chi connectivity index (χ0n) is 15.0. The van der Waals surface area contributed by atoms with Crippen molar-refractivity contribution in [1.29, 1.82) is 0 Å². The molecule has 0 saturated heterocycles. The number of imide groups is 1. The van der Waals surface area contributed by atoms with E-state index in [1.807, 2.05) is 6.92 Å². The molecule has 0 aliphatic heterocycles. The lowest BCUT2D eigenvalue weighted by atomic mass is 10.2. The van der Waals surface area contributed by atoms with E-state index in [-0.39, 0.29) is 11.1 Å². The van der Waals surface area contributed by atoms with E-state index >= 15 is 0 Å². The standard InChI is InChI=1S/C15H30N2O4Si/c1-11(9-20-6)13(18)17-14(19)16-12(2)10-21-22(7,8)15(3,4)5/h9,12H,10H2,1-8H3,(H2,16,17,18,19). The lowest BCUT2D eigenvalue weighted by Gasteiger charge is -2.37. The molecule has 0 radical (unpaired) electrons. The summed E-state index contributed by atoms with van der Waals surface area (Å²) in [6, 6.07) is -0.728. The summed E-state index contributed by atoms with van der Waals surface area (Å²) in [5, 5.41) is 5.05. The number of hydrogen-bond acceptors (Lipinski definition) is 4. The first kappa shape index (κ1) is 20.7. The van der Waals surface area contributed by atoms with Crippen molar-refractivity contribution in [2.75, 3.05) is 13.7 Å². The fourth-order valence-electron chi connectivity index (χ4n) is 1.28. The van der Waals surface area contributed by atoms with Crippen molar-refractivity contribution in [3.63, 3.8) is 0 Å². The van der Waals surface area contributed by atoms with E-state index in [4.69, 9.17) is 9.16 Å². The van der Waals surface area contributed by atoms with Gasteiger partial charge in [-0.05, 0) is 32.0 Å². The van der Waals surface area contributed by atoms with Crippen LogP contribution in [-0.4, -0.2) is 40.0 Å². The number of ether oxygens (including phenoxy) is 1. The average molecular weight is 331 g/mol. The van der Waals surface area contributed by atoms with Gasteiger partial charge in [0.05, 0.1) is 20.0 Å². The first-order valence-corrected chi connectivity index (χ1v) is 10.3. The number of carbonyl (C=O) groups is 2. The normalized spacial score (nSPS) is 14.3. The number of carbonyl (C=O) groups excluding carboxylic acids is 2. The maximum Gasteiger partial charge on any atom is 0.321 e. The average Bonchev–Trinajstić information content (AvgIpc) is 2.35. The Morgan fingerprint density at radius 2 is 1.82 bits per heavy atom. The minimum Gasteiger partial charge on any atom is -0.504 e. The van der Waals surface area contributed by atoms with Gasteiger partial charge in [0.25, 0.3) is 5.91 Å². The molecule has 0 spiro atoms. The molecule has 0 saturated carbocycles. The maximum atomic E-state index is 11.7. The van der Waals surface area contributed by atoms with Crippen molar-refractivity contribution >= 4 is 20.3 Å². The second kappa shape index (κ2) is 8.33. The second-order valence-electron chi connectivity index (χ2n) is 6.94. The van der Waals surface area contributed by atoms with E-state index in [0.717, 1.165) is 0 Å². The van der Waals surface area contributed by atoms with Crippen LogP contribution in [-0.2, 0) is 14.0 Å². The Kier molecular flexibility index (Phi) is 7.82. The Morgan fingerprint density at radius 1 is 1.27 bits per heavy atom. The summed E-state index contributed by atoms with van der Waals surface area (Å²) in [6.07, 6.45) is 1.28. The number of hydrogen-bond donors (Lipinski definition) is 2. The maximum absolute atomic E-state index is 11.7. The Labute approximate surface area is 134 Å². The largest absolute Gasteiger partial charge is 0.504 e. The summed E-state index contributed by atoms with van der Waals surface area (Å²) in [5.74, 6) is -0.489. The highest BCUT2D eigenvalue weighted by Gasteiger charge is 2.37. The van der Waals surface area contributed by atoms with Crippen LogP contribution in [0.4, 0.5) is 4.79 Å². The van der Waals surface area contributed by atoms with Crippen LogP contribution in [0.3, 0.4) is 0 Å². The van der Waals surface area contributed by atoms with Gasteiger partial charge < -0.3 is 14.5 Å². The summed E-state index contributed by atoms with van der Waals surface area (Å²) in [4.78, 5) is 23.4. The lowest BCUT2D eigenvalue weighted by molar-refractivity contribution is -0.116. The van der Waals surface area contributed by atoms with E-state index in [9.17, 15) is 9.59 Å². The Morgan fingerprint density at radius 3 is 2.27 bits per heavy atom. The van der Waals surface area contributed by atoms with Gasteiger partial charge in [-0.1, -0.05) is 20.8 Å². The van der Waals surface area contributed by atoms with E-state index in [1.54, 1.807) is 6.92 Å². The van der Waals surface area contributed by atoms with Crippen LogP contribution in [0.25, 0.3) is 0 Å². The Bertz CT molecular complexity index is 428. The van der Waals surface area contributed by atoms with E-state index in [0.29, 0.717) is 12.2 Å². The number of amides is 3. The second-order valence-corrected chi connectivity index (χ2v) is 11.7. The van der Waals surface area contributed by atoms with Crippen molar-refractivity contribution in [2.45, 2.75) is 58.8 Å². The van der Waals surface area contributed by atoms with Gasteiger partial charge in [0, 0.05) is 11.6 Å². The third-order valence-corrected chi connectivity index (χ3v) is 8.26. The molecule has 0 aliphatic rings. The molecule has 7 heteroatoms. The number of nitrogens with one attached hydrogen (secondary N) is 2. The van der Waals surface area contributed by atoms with Crippen molar-refractivity contribution in [1.82, 2.24) is 10.6 Å². The van der Waals surface area contributed by atoms with E-state index in [1.165, 1.54) is 13.4 Å². The number of rotatable bonds is 6. The molecule has 22 heavy (non-hydrogen) atoms. The van der Waals surface area contributed by atoms with Crippen molar-refractivity contribution in [3.8, 4) is 0 Å². The van der Waals surface area contributed by atoms with Gasteiger partial charge in [-0.2, -0.15) is 0 Å². The Balaban J connectivity index is 4.33. The van der Waals surface area contributed by atoms with Crippen LogP contribution >= 0.6 is 0 Å². The smallest absolute Gasteiger partial charge is 0.321 e. The van der Waals surface area contributed by atoms with Crippen LogP contribution < -0.4 is 10.6 Å². The minimum absolute atomic E-state index is 0.118. The molecule has 0 aliphatic carbocycles. The first-order chi connectivity index (χ1) is 9.90. The molecule has 0 aromatic heterocycles. The number of methoxy groups -OCH3 is 1. The van der Waals surface area contributed by atoms with Crippen LogP contribution in [0.5, 0.6) is 0 Å².